The van der Waals surface area contributed by atoms with Crippen LogP contribution in [-0.4, -0.2) is 41.7 Å². The van der Waals surface area contributed by atoms with Crippen LogP contribution in [0.15, 0.2) is 0 Å². The summed E-state index contributed by atoms with van der Waals surface area (Å²) in [5.41, 5.74) is 0.589. The SMILES string of the molecule is CCOC(=O)c1n[nH]nc1C(C)(C)CCOC. The van der Waals surface area contributed by atoms with Crippen molar-refractivity contribution < 1.29 is 14.3 Å². The van der Waals surface area contributed by atoms with E-state index in [1.807, 2.05) is 13.8 Å². The van der Waals surface area contributed by atoms with Gasteiger partial charge >= 0.3 is 5.97 Å². The van der Waals surface area contributed by atoms with Gasteiger partial charge < -0.3 is 9.47 Å². The second-order valence-electron chi connectivity index (χ2n) is 4.37. The summed E-state index contributed by atoms with van der Waals surface area (Å²) in [6.45, 7) is 6.67. The Bertz CT molecular complexity index is 374. The summed E-state index contributed by atoms with van der Waals surface area (Å²) in [6, 6.07) is 0. The predicted octanol–water partition coefficient (Wildman–Crippen LogP) is 1.30. The highest BCUT2D eigenvalue weighted by atomic mass is 16.5. The fourth-order valence-corrected chi connectivity index (χ4v) is 1.52. The third-order valence-corrected chi connectivity index (χ3v) is 2.59. The summed E-state index contributed by atoms with van der Waals surface area (Å²) < 4.78 is 9.98. The fourth-order valence-electron chi connectivity index (χ4n) is 1.52. The molecule has 1 rings (SSSR count). The summed E-state index contributed by atoms with van der Waals surface area (Å²) in [5, 5.41) is 10.4. The number of aromatic nitrogens is 3. The highest BCUT2D eigenvalue weighted by Crippen LogP contribution is 2.27. The van der Waals surface area contributed by atoms with E-state index in [1.54, 1.807) is 14.0 Å². The molecule has 1 heterocycles. The van der Waals surface area contributed by atoms with Crippen LogP contribution in [-0.2, 0) is 14.9 Å². The van der Waals surface area contributed by atoms with Crippen molar-refractivity contribution in [1.29, 1.82) is 0 Å². The average Bonchev–Trinajstić information content (AvgIpc) is 2.76. The van der Waals surface area contributed by atoms with Crippen LogP contribution >= 0.6 is 0 Å². The number of hydrogen-bond acceptors (Lipinski definition) is 5. The van der Waals surface area contributed by atoms with Gasteiger partial charge in [-0.15, -0.1) is 5.10 Å². The van der Waals surface area contributed by atoms with Crippen molar-refractivity contribution in [2.75, 3.05) is 20.3 Å². The van der Waals surface area contributed by atoms with Gasteiger partial charge in [0.1, 0.15) is 5.69 Å². The highest BCUT2D eigenvalue weighted by molar-refractivity contribution is 5.88. The molecule has 0 bridgehead atoms. The maximum Gasteiger partial charge on any atom is 0.360 e. The van der Waals surface area contributed by atoms with E-state index in [0.29, 0.717) is 18.9 Å². The molecule has 0 aliphatic heterocycles. The molecule has 96 valence electrons. The first-order valence-corrected chi connectivity index (χ1v) is 5.60. The maximum atomic E-state index is 11.7. The van der Waals surface area contributed by atoms with Crippen molar-refractivity contribution in [1.82, 2.24) is 15.4 Å². The first kappa shape index (κ1) is 13.6. The van der Waals surface area contributed by atoms with Gasteiger partial charge in [-0.25, -0.2) is 4.79 Å². The molecule has 1 N–H and O–H groups in total. The lowest BCUT2D eigenvalue weighted by molar-refractivity contribution is 0.0515. The van der Waals surface area contributed by atoms with E-state index in [0.717, 1.165) is 6.42 Å². The topological polar surface area (TPSA) is 77.1 Å². The molecular formula is C11H19N3O3. The van der Waals surface area contributed by atoms with Crippen LogP contribution in [0.4, 0.5) is 0 Å². The van der Waals surface area contributed by atoms with Gasteiger partial charge in [-0.1, -0.05) is 13.8 Å². The molecule has 1 aromatic heterocycles. The van der Waals surface area contributed by atoms with E-state index in [1.165, 1.54) is 0 Å². The molecule has 0 unspecified atom stereocenters. The van der Waals surface area contributed by atoms with Crippen LogP contribution in [0, 0.1) is 0 Å². The van der Waals surface area contributed by atoms with Crippen LogP contribution in [0.3, 0.4) is 0 Å². The minimum absolute atomic E-state index is 0.257. The van der Waals surface area contributed by atoms with Crippen molar-refractivity contribution in [3.05, 3.63) is 11.4 Å². The number of ether oxygens (including phenoxy) is 2. The number of nitrogens with one attached hydrogen (secondary N) is 1. The number of carbonyl (C=O) groups excluding carboxylic acids is 1. The number of nitrogens with zero attached hydrogens (tertiary/aromatic N) is 2. The molecule has 0 radical (unpaired) electrons. The van der Waals surface area contributed by atoms with E-state index >= 15 is 0 Å². The Morgan fingerprint density at radius 3 is 2.71 bits per heavy atom. The van der Waals surface area contributed by atoms with E-state index in [2.05, 4.69) is 15.4 Å². The molecule has 0 atom stereocenters. The van der Waals surface area contributed by atoms with Crippen molar-refractivity contribution in [3.63, 3.8) is 0 Å². The van der Waals surface area contributed by atoms with Gasteiger partial charge in [0, 0.05) is 19.1 Å². The Morgan fingerprint density at radius 1 is 1.41 bits per heavy atom. The summed E-state index contributed by atoms with van der Waals surface area (Å²) >= 11 is 0. The Morgan fingerprint density at radius 2 is 2.12 bits per heavy atom. The number of methoxy groups -OCH3 is 1. The summed E-state index contributed by atoms with van der Waals surface area (Å²) in [5.74, 6) is -0.443. The van der Waals surface area contributed by atoms with E-state index in [9.17, 15) is 4.79 Å². The quantitative estimate of drug-likeness (QED) is 0.759. The minimum atomic E-state index is -0.443. The van der Waals surface area contributed by atoms with Crippen molar-refractivity contribution in [3.8, 4) is 0 Å². The van der Waals surface area contributed by atoms with Gasteiger partial charge in [0.15, 0.2) is 5.69 Å². The Hall–Kier alpha value is -1.43. The first-order chi connectivity index (χ1) is 8.03. The maximum absolute atomic E-state index is 11.7. The van der Waals surface area contributed by atoms with Crippen molar-refractivity contribution in [2.45, 2.75) is 32.6 Å². The third-order valence-electron chi connectivity index (χ3n) is 2.59. The molecule has 0 aliphatic carbocycles. The Balaban J connectivity index is 2.90. The molecular weight excluding hydrogens is 222 g/mol. The van der Waals surface area contributed by atoms with Gasteiger partial charge in [0.25, 0.3) is 0 Å². The van der Waals surface area contributed by atoms with Gasteiger partial charge in [-0.2, -0.15) is 10.3 Å². The van der Waals surface area contributed by atoms with Gasteiger partial charge in [0.2, 0.25) is 0 Å². The molecule has 0 aliphatic rings. The molecule has 0 amide bonds. The zero-order chi connectivity index (χ0) is 12.9. The smallest absolute Gasteiger partial charge is 0.360 e. The Kier molecular flexibility index (Phi) is 4.62. The molecule has 6 heteroatoms. The second kappa shape index (κ2) is 5.77. The van der Waals surface area contributed by atoms with Gasteiger partial charge in [-0.05, 0) is 13.3 Å². The molecule has 1 aromatic rings. The van der Waals surface area contributed by atoms with Gasteiger partial charge in [0.05, 0.1) is 6.61 Å². The minimum Gasteiger partial charge on any atom is -0.461 e. The van der Waals surface area contributed by atoms with Crippen molar-refractivity contribution >= 4 is 5.97 Å². The number of H-pyrrole nitrogens is 1. The van der Waals surface area contributed by atoms with Crippen LogP contribution in [0.1, 0.15) is 43.4 Å². The second-order valence-corrected chi connectivity index (χ2v) is 4.37. The fraction of sp³-hybridized carbons (Fsp3) is 0.727. The lowest BCUT2D eigenvalue weighted by Crippen LogP contribution is -2.23. The van der Waals surface area contributed by atoms with Crippen LogP contribution < -0.4 is 0 Å². The van der Waals surface area contributed by atoms with Gasteiger partial charge in [-0.3, -0.25) is 0 Å². The lowest BCUT2D eigenvalue weighted by Gasteiger charge is -2.22. The molecule has 0 saturated carbocycles. The van der Waals surface area contributed by atoms with Crippen LogP contribution in [0.25, 0.3) is 0 Å². The standard InChI is InChI=1S/C11H19N3O3/c1-5-17-10(15)8-9(13-14-12-8)11(2,3)6-7-16-4/h5-7H2,1-4H3,(H,12,13,14). The highest BCUT2D eigenvalue weighted by Gasteiger charge is 2.30. The summed E-state index contributed by atoms with van der Waals surface area (Å²) in [4.78, 5) is 11.7. The van der Waals surface area contributed by atoms with E-state index in [-0.39, 0.29) is 11.1 Å². The number of hydrogen-bond donors (Lipinski definition) is 1. The zero-order valence-corrected chi connectivity index (χ0v) is 10.7. The number of carbonyl (C=O) groups is 1. The summed E-state index contributed by atoms with van der Waals surface area (Å²) in [7, 11) is 1.64. The summed E-state index contributed by atoms with van der Waals surface area (Å²) in [6.07, 6.45) is 0.752. The first-order valence-electron chi connectivity index (χ1n) is 5.60. The number of rotatable bonds is 6. The Labute approximate surface area is 101 Å². The van der Waals surface area contributed by atoms with E-state index < -0.39 is 5.97 Å². The predicted molar refractivity (Wildman–Crippen MR) is 61.9 cm³/mol. The lowest BCUT2D eigenvalue weighted by atomic mass is 9.85. The molecule has 0 saturated heterocycles. The molecule has 0 aromatic carbocycles. The number of aromatic amines is 1. The van der Waals surface area contributed by atoms with Crippen LogP contribution in [0.2, 0.25) is 0 Å². The molecule has 17 heavy (non-hydrogen) atoms. The third kappa shape index (κ3) is 3.26. The molecule has 6 nitrogen and oxygen atoms in total. The molecule has 0 spiro atoms. The van der Waals surface area contributed by atoms with Crippen molar-refractivity contribution in [2.24, 2.45) is 0 Å². The normalized spacial score (nSPS) is 11.5. The monoisotopic (exact) mass is 241 g/mol. The largest absolute Gasteiger partial charge is 0.461 e. The molecule has 0 fully saturated rings. The zero-order valence-electron chi connectivity index (χ0n) is 10.7. The van der Waals surface area contributed by atoms with Crippen LogP contribution in [0.5, 0.6) is 0 Å². The number of esters is 1. The average molecular weight is 241 g/mol. The van der Waals surface area contributed by atoms with E-state index in [4.69, 9.17) is 9.47 Å².